The summed E-state index contributed by atoms with van der Waals surface area (Å²) in [5.41, 5.74) is 7.63. The van der Waals surface area contributed by atoms with Gasteiger partial charge in [0.1, 0.15) is 0 Å². The zero-order chi connectivity index (χ0) is 28.0. The number of rotatable bonds is 9. The number of aromatic hydroxyl groups is 1. The molecule has 5 heteroatoms. The summed E-state index contributed by atoms with van der Waals surface area (Å²) in [5.74, 6) is 0.0685. The van der Waals surface area contributed by atoms with Crippen molar-refractivity contribution in [2.24, 2.45) is 4.99 Å². The quantitative estimate of drug-likeness (QED) is 0.175. The van der Waals surface area contributed by atoms with Crippen LogP contribution in [0.2, 0.25) is 5.02 Å². The van der Waals surface area contributed by atoms with Gasteiger partial charge in [0.25, 0.3) is 0 Å². The molecule has 0 fully saturated rings. The molecule has 0 radical (unpaired) electrons. The third kappa shape index (κ3) is 6.41. The van der Waals surface area contributed by atoms with Crippen molar-refractivity contribution in [1.82, 2.24) is 9.88 Å². The maximum absolute atomic E-state index is 10.9. The van der Waals surface area contributed by atoms with Crippen LogP contribution in [0.25, 0.3) is 10.9 Å². The molecule has 1 heterocycles. The second kappa shape index (κ2) is 12.3. The van der Waals surface area contributed by atoms with Gasteiger partial charge in [-0.1, -0.05) is 121 Å². The van der Waals surface area contributed by atoms with Gasteiger partial charge in [0.05, 0.1) is 22.5 Å². The van der Waals surface area contributed by atoms with E-state index in [-0.39, 0.29) is 5.88 Å². The second-order valence-corrected chi connectivity index (χ2v) is 10.6. The van der Waals surface area contributed by atoms with Crippen molar-refractivity contribution in [3.8, 4) is 5.88 Å². The topological polar surface area (TPSA) is 51.6 Å². The first-order valence-corrected chi connectivity index (χ1v) is 14.0. The Morgan fingerprint density at radius 2 is 1.20 bits per heavy atom. The Bertz CT molecular complexity index is 1720. The van der Waals surface area contributed by atoms with E-state index in [1.165, 1.54) is 16.7 Å². The molecular formula is C36H30ClN3O. The van der Waals surface area contributed by atoms with E-state index in [1.54, 1.807) is 0 Å². The van der Waals surface area contributed by atoms with Crippen molar-refractivity contribution < 1.29 is 5.11 Å². The molecule has 0 atom stereocenters. The number of aromatic amines is 1. The van der Waals surface area contributed by atoms with Gasteiger partial charge in [-0.3, -0.25) is 4.90 Å². The third-order valence-corrected chi connectivity index (χ3v) is 7.34. The maximum atomic E-state index is 10.9. The lowest BCUT2D eigenvalue weighted by Gasteiger charge is -2.23. The van der Waals surface area contributed by atoms with Crippen LogP contribution in [0.4, 0.5) is 5.69 Å². The van der Waals surface area contributed by atoms with Crippen LogP contribution in [0.15, 0.2) is 138 Å². The van der Waals surface area contributed by atoms with Crippen LogP contribution in [0.1, 0.15) is 27.8 Å². The largest absolute Gasteiger partial charge is 0.494 e. The Hall–Kier alpha value is -4.64. The normalized spacial score (nSPS) is 11.8. The van der Waals surface area contributed by atoms with Gasteiger partial charge in [-0.15, -0.1) is 0 Å². The van der Waals surface area contributed by atoms with Gasteiger partial charge in [0.15, 0.2) is 5.88 Å². The van der Waals surface area contributed by atoms with E-state index >= 15 is 0 Å². The van der Waals surface area contributed by atoms with E-state index in [0.29, 0.717) is 16.3 Å². The van der Waals surface area contributed by atoms with Crippen LogP contribution in [-0.4, -0.2) is 20.7 Å². The third-order valence-electron chi connectivity index (χ3n) is 7.11. The van der Waals surface area contributed by atoms with E-state index in [9.17, 15) is 5.11 Å². The number of H-pyrrole nitrogens is 1. The molecule has 0 saturated heterocycles. The van der Waals surface area contributed by atoms with Crippen LogP contribution in [0.3, 0.4) is 0 Å². The van der Waals surface area contributed by atoms with E-state index < -0.39 is 0 Å². The smallest absolute Gasteiger partial charge is 0.199 e. The molecule has 0 spiro atoms. The fraction of sp³-hybridized carbons (Fsp3) is 0.0833. The molecule has 2 N–H and O–H groups in total. The fourth-order valence-corrected chi connectivity index (χ4v) is 5.34. The minimum Gasteiger partial charge on any atom is -0.494 e. The summed E-state index contributed by atoms with van der Waals surface area (Å²) >= 11 is 6.21. The maximum Gasteiger partial charge on any atom is 0.199 e. The average molecular weight is 556 g/mol. The highest BCUT2D eigenvalue weighted by molar-refractivity contribution is 6.31. The monoisotopic (exact) mass is 555 g/mol. The summed E-state index contributed by atoms with van der Waals surface area (Å²) in [5, 5.41) is 12.4. The molecular weight excluding hydrogens is 526 g/mol. The molecule has 0 saturated carbocycles. The number of nitrogens with one attached hydrogen (secondary N) is 1. The zero-order valence-electron chi connectivity index (χ0n) is 22.5. The second-order valence-electron chi connectivity index (χ2n) is 10.1. The number of hydrogen-bond acceptors (Lipinski definition) is 3. The Balaban J connectivity index is 1.31. The standard InChI is InChI=1S/C36H30ClN3O/c37-30-18-21-32-33(22-30)39-36(41)34(32)35(29-14-8-3-9-15-29)38-31-19-16-28(17-20-31)25-40(23-26-10-4-1-5-11-26)24-27-12-6-2-7-13-27/h1-22,39,41H,23-25H2. The van der Waals surface area contributed by atoms with Gasteiger partial charge >= 0.3 is 0 Å². The van der Waals surface area contributed by atoms with Gasteiger partial charge in [-0.05, 0) is 41.0 Å². The molecule has 6 aromatic rings. The molecule has 6 rings (SSSR count). The predicted molar refractivity (Wildman–Crippen MR) is 169 cm³/mol. The molecule has 0 amide bonds. The minimum atomic E-state index is 0.0685. The Kier molecular flexibility index (Phi) is 7.94. The number of nitrogens with zero attached hydrogens (tertiary/aromatic N) is 2. The van der Waals surface area contributed by atoms with Crippen molar-refractivity contribution in [1.29, 1.82) is 0 Å². The number of halogens is 1. The highest BCUT2D eigenvalue weighted by Gasteiger charge is 2.19. The average Bonchev–Trinajstić information content (AvgIpc) is 3.32. The number of benzene rings is 5. The molecule has 4 nitrogen and oxygen atoms in total. The summed E-state index contributed by atoms with van der Waals surface area (Å²) < 4.78 is 0. The Morgan fingerprint density at radius 3 is 1.78 bits per heavy atom. The lowest BCUT2D eigenvalue weighted by Crippen LogP contribution is -2.22. The lowest BCUT2D eigenvalue weighted by atomic mass is 10.0. The van der Waals surface area contributed by atoms with E-state index in [1.807, 2.05) is 60.7 Å². The molecule has 202 valence electrons. The van der Waals surface area contributed by atoms with Crippen molar-refractivity contribution in [2.45, 2.75) is 19.6 Å². The van der Waals surface area contributed by atoms with E-state index in [4.69, 9.17) is 16.6 Å². The van der Waals surface area contributed by atoms with E-state index in [2.05, 4.69) is 82.7 Å². The summed E-state index contributed by atoms with van der Waals surface area (Å²) in [6.07, 6.45) is 0. The highest BCUT2D eigenvalue weighted by atomic mass is 35.5. The number of aromatic nitrogens is 1. The summed E-state index contributed by atoms with van der Waals surface area (Å²) in [6, 6.07) is 45.0. The molecule has 0 aliphatic heterocycles. The summed E-state index contributed by atoms with van der Waals surface area (Å²) in [4.78, 5) is 10.6. The SMILES string of the molecule is Oc1[nH]c2cc(Cl)ccc2c1C(=Nc1ccc(CN(Cc2ccccc2)Cc2ccccc2)cc1)c1ccccc1. The van der Waals surface area contributed by atoms with Gasteiger partial charge in [0, 0.05) is 35.6 Å². The molecule has 0 unspecified atom stereocenters. The number of aliphatic imine (C=N–C) groups is 1. The van der Waals surface area contributed by atoms with Crippen LogP contribution in [-0.2, 0) is 19.6 Å². The first-order valence-electron chi connectivity index (χ1n) is 13.7. The van der Waals surface area contributed by atoms with Gasteiger partial charge < -0.3 is 10.1 Å². The summed E-state index contributed by atoms with van der Waals surface area (Å²) in [6.45, 7) is 2.53. The first kappa shape index (κ1) is 26.6. The molecule has 0 bridgehead atoms. The van der Waals surface area contributed by atoms with Crippen molar-refractivity contribution in [3.05, 3.63) is 166 Å². The van der Waals surface area contributed by atoms with Gasteiger partial charge in [0.2, 0.25) is 0 Å². The van der Waals surface area contributed by atoms with Crippen molar-refractivity contribution in [3.63, 3.8) is 0 Å². The van der Waals surface area contributed by atoms with Crippen molar-refractivity contribution in [2.75, 3.05) is 0 Å². The van der Waals surface area contributed by atoms with Crippen LogP contribution >= 0.6 is 11.6 Å². The Labute approximate surface area is 245 Å². The molecule has 5 aromatic carbocycles. The molecule has 0 aliphatic carbocycles. The zero-order valence-corrected chi connectivity index (χ0v) is 23.3. The fourth-order valence-electron chi connectivity index (χ4n) is 5.17. The van der Waals surface area contributed by atoms with Crippen LogP contribution in [0.5, 0.6) is 5.88 Å². The molecule has 0 aliphatic rings. The highest BCUT2D eigenvalue weighted by Crippen LogP contribution is 2.33. The van der Waals surface area contributed by atoms with E-state index in [0.717, 1.165) is 41.8 Å². The van der Waals surface area contributed by atoms with Crippen LogP contribution in [0, 0.1) is 0 Å². The predicted octanol–water partition coefficient (Wildman–Crippen LogP) is 8.90. The Morgan fingerprint density at radius 1 is 0.659 bits per heavy atom. The number of hydrogen-bond donors (Lipinski definition) is 2. The molecule has 1 aromatic heterocycles. The lowest BCUT2D eigenvalue weighted by molar-refractivity contribution is 0.248. The molecule has 41 heavy (non-hydrogen) atoms. The minimum absolute atomic E-state index is 0.0685. The van der Waals surface area contributed by atoms with Gasteiger partial charge in [-0.2, -0.15) is 0 Å². The summed E-state index contributed by atoms with van der Waals surface area (Å²) in [7, 11) is 0. The number of fused-ring (bicyclic) bond motifs is 1. The van der Waals surface area contributed by atoms with Gasteiger partial charge in [-0.25, -0.2) is 4.99 Å². The first-order chi connectivity index (χ1) is 20.1. The van der Waals surface area contributed by atoms with Crippen LogP contribution < -0.4 is 0 Å². The van der Waals surface area contributed by atoms with Crippen molar-refractivity contribution >= 4 is 33.9 Å².